The Balaban J connectivity index is 3.11. The van der Waals surface area contributed by atoms with Crippen LogP contribution in [0.3, 0.4) is 0 Å². The molecule has 0 bridgehead atoms. The molecule has 0 amide bonds. The Bertz CT molecular complexity index is 435. The normalized spacial score (nSPS) is 10.3. The van der Waals surface area contributed by atoms with Crippen LogP contribution in [-0.4, -0.2) is 31.7 Å². The summed E-state index contributed by atoms with van der Waals surface area (Å²) in [4.78, 5) is 31.1. The summed E-state index contributed by atoms with van der Waals surface area (Å²) < 4.78 is 0. The van der Waals surface area contributed by atoms with Gasteiger partial charge in [0.2, 0.25) is 10.2 Å². The number of thioether (sulfide) groups is 2. The average Bonchev–Trinajstić information content (AvgIpc) is 2.32. The van der Waals surface area contributed by atoms with Gasteiger partial charge in [0.25, 0.3) is 0 Å². The van der Waals surface area contributed by atoms with E-state index in [0.717, 1.165) is 23.5 Å². The maximum Gasteiger partial charge on any atom is 0.241 e. The van der Waals surface area contributed by atoms with E-state index in [0.29, 0.717) is 11.5 Å². The number of hydrogen-bond donors (Lipinski definition) is 2. The van der Waals surface area contributed by atoms with E-state index in [2.05, 4.69) is 9.97 Å². The van der Waals surface area contributed by atoms with Crippen molar-refractivity contribution < 1.29 is 9.59 Å². The molecule has 0 atom stereocenters. The van der Waals surface area contributed by atoms with E-state index in [1.54, 1.807) is 0 Å². The molecule has 0 aliphatic heterocycles. The van der Waals surface area contributed by atoms with Crippen LogP contribution in [0.1, 0.15) is 34.8 Å². The van der Waals surface area contributed by atoms with Crippen LogP contribution in [0.25, 0.3) is 0 Å². The average molecular weight is 286 g/mol. The van der Waals surface area contributed by atoms with E-state index < -0.39 is 0 Å². The van der Waals surface area contributed by atoms with E-state index in [1.807, 2.05) is 13.8 Å². The maximum atomic E-state index is 11.7. The Morgan fingerprint density at radius 2 is 1.28 bits per heavy atom. The number of anilines is 2. The van der Waals surface area contributed by atoms with Crippen LogP contribution in [0.2, 0.25) is 0 Å². The van der Waals surface area contributed by atoms with Gasteiger partial charge >= 0.3 is 0 Å². The minimum absolute atomic E-state index is 0.0115. The monoisotopic (exact) mass is 286 g/mol. The molecule has 98 valence electrons. The minimum Gasteiger partial charge on any atom is -0.382 e. The number of rotatable bonds is 4. The van der Waals surface area contributed by atoms with Crippen molar-refractivity contribution in [1.82, 2.24) is 9.97 Å². The van der Waals surface area contributed by atoms with Gasteiger partial charge in [-0.3, -0.25) is 9.59 Å². The van der Waals surface area contributed by atoms with Gasteiger partial charge in [0.05, 0.1) is 0 Å². The van der Waals surface area contributed by atoms with Gasteiger partial charge in [-0.25, -0.2) is 9.97 Å². The topological polar surface area (TPSA) is 112 Å². The van der Waals surface area contributed by atoms with Crippen molar-refractivity contribution in [3.63, 3.8) is 0 Å². The molecule has 0 spiro atoms. The lowest BCUT2D eigenvalue weighted by atomic mass is 10.3. The van der Waals surface area contributed by atoms with Crippen molar-refractivity contribution in [2.24, 2.45) is 0 Å². The number of nitrogens with zero attached hydrogens (tertiary/aromatic N) is 2. The van der Waals surface area contributed by atoms with Gasteiger partial charge < -0.3 is 11.5 Å². The number of carbonyl (C=O) groups is 2. The van der Waals surface area contributed by atoms with E-state index in [9.17, 15) is 9.59 Å². The third kappa shape index (κ3) is 3.36. The summed E-state index contributed by atoms with van der Waals surface area (Å²) >= 11 is 2.13. The van der Waals surface area contributed by atoms with Gasteiger partial charge in [0.15, 0.2) is 23.0 Å². The molecule has 1 heterocycles. The molecule has 0 saturated carbocycles. The molecular formula is C10H14N4O2S2. The number of hydrogen-bond acceptors (Lipinski definition) is 8. The first kappa shape index (κ1) is 14.8. The highest BCUT2D eigenvalue weighted by Gasteiger charge is 2.20. The Morgan fingerprint density at radius 1 is 0.944 bits per heavy atom. The molecule has 0 fully saturated rings. The summed E-state index contributed by atoms with van der Waals surface area (Å²) in [5.74, 6) is 1.09. The summed E-state index contributed by atoms with van der Waals surface area (Å²) in [5, 5.41) is -0.590. The standard InChI is InChI=1S/C10H14N4O2S2/c1-3-17-9(15)5-7(11)14-6(8(12)13-5)10(16)18-4-2/h3-4H2,1-2H3,(H2,12,13)(H2,11,14). The van der Waals surface area contributed by atoms with Crippen molar-refractivity contribution in [2.75, 3.05) is 23.0 Å². The van der Waals surface area contributed by atoms with E-state index in [-0.39, 0.29) is 33.3 Å². The first-order valence-electron chi connectivity index (χ1n) is 5.28. The Morgan fingerprint density at radius 3 is 1.56 bits per heavy atom. The predicted octanol–water partition coefficient (Wildman–Crippen LogP) is 1.43. The SMILES string of the molecule is CCSC(=O)c1nc(N)c(C(=O)SCC)nc1N. The Hall–Kier alpha value is -1.28. The molecule has 0 aliphatic carbocycles. The highest BCUT2D eigenvalue weighted by Crippen LogP contribution is 2.21. The van der Waals surface area contributed by atoms with Crippen LogP contribution in [0, 0.1) is 0 Å². The van der Waals surface area contributed by atoms with Gasteiger partial charge in [0.1, 0.15) is 0 Å². The van der Waals surface area contributed by atoms with Gasteiger partial charge in [-0.1, -0.05) is 37.4 Å². The quantitative estimate of drug-likeness (QED) is 0.854. The van der Waals surface area contributed by atoms with Crippen molar-refractivity contribution in [3.05, 3.63) is 11.4 Å². The van der Waals surface area contributed by atoms with Crippen LogP contribution >= 0.6 is 23.5 Å². The van der Waals surface area contributed by atoms with Crippen molar-refractivity contribution in [2.45, 2.75) is 13.8 Å². The van der Waals surface area contributed by atoms with Gasteiger partial charge in [0, 0.05) is 0 Å². The maximum absolute atomic E-state index is 11.7. The molecule has 6 nitrogen and oxygen atoms in total. The first-order chi connectivity index (χ1) is 8.51. The van der Waals surface area contributed by atoms with Gasteiger partial charge in [-0.05, 0) is 11.5 Å². The van der Waals surface area contributed by atoms with Crippen LogP contribution in [0.15, 0.2) is 0 Å². The zero-order valence-electron chi connectivity index (χ0n) is 10.1. The highest BCUT2D eigenvalue weighted by atomic mass is 32.2. The predicted molar refractivity (Wildman–Crippen MR) is 75.8 cm³/mol. The number of aromatic nitrogens is 2. The van der Waals surface area contributed by atoms with Crippen LogP contribution in [0.5, 0.6) is 0 Å². The third-order valence-electron chi connectivity index (χ3n) is 1.89. The summed E-state index contributed by atoms with van der Waals surface area (Å²) in [6.07, 6.45) is 0. The van der Waals surface area contributed by atoms with Crippen LogP contribution in [0.4, 0.5) is 11.6 Å². The van der Waals surface area contributed by atoms with E-state index >= 15 is 0 Å². The van der Waals surface area contributed by atoms with E-state index in [1.165, 1.54) is 0 Å². The van der Waals surface area contributed by atoms with E-state index in [4.69, 9.17) is 11.5 Å². The first-order valence-corrected chi connectivity index (χ1v) is 7.25. The Labute approximate surface area is 113 Å². The minimum atomic E-state index is -0.295. The van der Waals surface area contributed by atoms with Crippen molar-refractivity contribution in [3.8, 4) is 0 Å². The zero-order chi connectivity index (χ0) is 13.7. The molecule has 0 saturated heterocycles. The fourth-order valence-electron chi connectivity index (χ4n) is 1.16. The lowest BCUT2D eigenvalue weighted by molar-refractivity contribution is 0.107. The Kier molecular flexibility index (Phi) is 5.42. The fraction of sp³-hybridized carbons (Fsp3) is 0.400. The summed E-state index contributed by atoms with van der Waals surface area (Å²) in [7, 11) is 0. The van der Waals surface area contributed by atoms with Crippen LogP contribution in [-0.2, 0) is 0 Å². The van der Waals surface area contributed by atoms with Crippen molar-refractivity contribution in [1.29, 1.82) is 0 Å². The smallest absolute Gasteiger partial charge is 0.241 e. The molecule has 0 aliphatic rings. The molecule has 0 aromatic carbocycles. The second-order valence-electron chi connectivity index (χ2n) is 3.13. The second-order valence-corrected chi connectivity index (χ2v) is 5.61. The molecule has 1 aromatic heterocycles. The number of nitrogen functional groups attached to an aromatic ring is 2. The lowest BCUT2D eigenvalue weighted by Gasteiger charge is -2.07. The summed E-state index contributed by atoms with van der Waals surface area (Å²) in [5.41, 5.74) is 11.3. The second kappa shape index (κ2) is 6.60. The lowest BCUT2D eigenvalue weighted by Crippen LogP contribution is -2.14. The van der Waals surface area contributed by atoms with Crippen molar-refractivity contribution >= 4 is 45.4 Å². The molecule has 0 radical (unpaired) electrons. The zero-order valence-corrected chi connectivity index (χ0v) is 11.7. The summed E-state index contributed by atoms with van der Waals surface area (Å²) in [6.45, 7) is 3.68. The molecule has 8 heteroatoms. The summed E-state index contributed by atoms with van der Waals surface area (Å²) in [6, 6.07) is 0. The molecular weight excluding hydrogens is 272 g/mol. The molecule has 4 N–H and O–H groups in total. The van der Waals surface area contributed by atoms with Crippen LogP contribution < -0.4 is 11.5 Å². The van der Waals surface area contributed by atoms with Gasteiger partial charge in [-0.15, -0.1) is 0 Å². The number of carbonyl (C=O) groups excluding carboxylic acids is 2. The largest absolute Gasteiger partial charge is 0.382 e. The highest BCUT2D eigenvalue weighted by molar-refractivity contribution is 8.14. The van der Waals surface area contributed by atoms with Gasteiger partial charge in [-0.2, -0.15) is 0 Å². The number of nitrogens with two attached hydrogens (primary N) is 2. The fourth-order valence-corrected chi connectivity index (χ4v) is 2.26. The molecule has 0 unspecified atom stereocenters. The molecule has 18 heavy (non-hydrogen) atoms. The third-order valence-corrected chi connectivity index (χ3v) is 3.38. The molecule has 1 rings (SSSR count). The molecule has 1 aromatic rings.